The van der Waals surface area contributed by atoms with E-state index in [1.54, 1.807) is 0 Å². The van der Waals surface area contributed by atoms with Crippen molar-refractivity contribution in [3.63, 3.8) is 0 Å². The standard InChI is InChI=1S/C12H21NO5/c1-6-7(2)11(13)12(17-9(4)15)18-10(6)5-16-8(3)14/h6-7,10-12H,5,13H2,1-4H3/t6-,7-,10?,11?,12?/m0/s1. The molecule has 0 spiro atoms. The lowest BCUT2D eigenvalue weighted by Gasteiger charge is -2.42. The third-order valence-corrected chi connectivity index (χ3v) is 3.38. The lowest BCUT2D eigenvalue weighted by Crippen LogP contribution is -2.56. The molecule has 1 aliphatic heterocycles. The van der Waals surface area contributed by atoms with Crippen LogP contribution in [0.1, 0.15) is 27.7 Å². The summed E-state index contributed by atoms with van der Waals surface area (Å²) in [4.78, 5) is 21.8. The van der Waals surface area contributed by atoms with E-state index in [1.807, 2.05) is 13.8 Å². The van der Waals surface area contributed by atoms with Gasteiger partial charge in [-0.25, -0.2) is 0 Å². The third kappa shape index (κ3) is 3.68. The molecule has 0 amide bonds. The van der Waals surface area contributed by atoms with E-state index in [9.17, 15) is 9.59 Å². The number of hydrogen-bond donors (Lipinski definition) is 1. The summed E-state index contributed by atoms with van der Waals surface area (Å²) in [5.74, 6) is -0.587. The molecule has 3 unspecified atom stereocenters. The van der Waals surface area contributed by atoms with E-state index >= 15 is 0 Å². The Morgan fingerprint density at radius 1 is 1.17 bits per heavy atom. The minimum Gasteiger partial charge on any atom is -0.463 e. The number of carbonyl (C=O) groups excluding carboxylic acids is 2. The van der Waals surface area contributed by atoms with Crippen molar-refractivity contribution in [2.75, 3.05) is 6.61 Å². The summed E-state index contributed by atoms with van der Waals surface area (Å²) in [5, 5.41) is 0. The maximum Gasteiger partial charge on any atom is 0.304 e. The molecule has 6 heteroatoms. The van der Waals surface area contributed by atoms with Crippen LogP contribution in [0, 0.1) is 11.8 Å². The van der Waals surface area contributed by atoms with Gasteiger partial charge in [0, 0.05) is 13.8 Å². The highest BCUT2D eigenvalue weighted by molar-refractivity contribution is 5.66. The highest BCUT2D eigenvalue weighted by Crippen LogP contribution is 2.30. The maximum absolute atomic E-state index is 11.0. The first-order valence-corrected chi connectivity index (χ1v) is 6.04. The second kappa shape index (κ2) is 6.15. The van der Waals surface area contributed by atoms with Gasteiger partial charge in [-0.05, 0) is 11.8 Å². The highest BCUT2D eigenvalue weighted by Gasteiger charge is 2.41. The normalized spacial score (nSPS) is 35.9. The van der Waals surface area contributed by atoms with Gasteiger partial charge >= 0.3 is 11.9 Å². The Morgan fingerprint density at radius 2 is 1.78 bits per heavy atom. The van der Waals surface area contributed by atoms with Crippen molar-refractivity contribution in [2.45, 2.75) is 46.1 Å². The van der Waals surface area contributed by atoms with E-state index in [0.717, 1.165) is 0 Å². The molecule has 1 saturated heterocycles. The molecule has 2 N–H and O–H groups in total. The number of hydrogen-bond acceptors (Lipinski definition) is 6. The van der Waals surface area contributed by atoms with Crippen molar-refractivity contribution >= 4 is 11.9 Å². The molecule has 1 fully saturated rings. The fourth-order valence-electron chi connectivity index (χ4n) is 1.98. The fraction of sp³-hybridized carbons (Fsp3) is 0.833. The van der Waals surface area contributed by atoms with Crippen LogP contribution in [0.5, 0.6) is 0 Å². The SMILES string of the molecule is CC(=O)OCC1OC(OC(C)=O)C(N)[C@@H](C)[C@@H]1C. The van der Waals surface area contributed by atoms with Crippen LogP contribution in [-0.4, -0.2) is 37.0 Å². The number of ether oxygens (including phenoxy) is 3. The van der Waals surface area contributed by atoms with E-state index in [4.69, 9.17) is 19.9 Å². The molecule has 0 bridgehead atoms. The van der Waals surface area contributed by atoms with Crippen molar-refractivity contribution < 1.29 is 23.8 Å². The minimum absolute atomic E-state index is 0.101. The molecule has 1 aliphatic rings. The summed E-state index contributed by atoms with van der Waals surface area (Å²) in [6.45, 7) is 6.73. The van der Waals surface area contributed by atoms with Crippen molar-refractivity contribution in [1.82, 2.24) is 0 Å². The van der Waals surface area contributed by atoms with E-state index < -0.39 is 12.3 Å². The molecule has 0 aliphatic carbocycles. The highest BCUT2D eigenvalue weighted by atomic mass is 16.7. The Morgan fingerprint density at radius 3 is 2.28 bits per heavy atom. The molecule has 18 heavy (non-hydrogen) atoms. The van der Waals surface area contributed by atoms with Gasteiger partial charge in [0.15, 0.2) is 0 Å². The fourth-order valence-corrected chi connectivity index (χ4v) is 1.98. The van der Waals surface area contributed by atoms with Crippen LogP contribution in [0.15, 0.2) is 0 Å². The van der Waals surface area contributed by atoms with Gasteiger partial charge in [-0.15, -0.1) is 0 Å². The van der Waals surface area contributed by atoms with E-state index in [1.165, 1.54) is 13.8 Å². The molecule has 5 atom stereocenters. The predicted octanol–water partition coefficient (Wildman–Crippen LogP) is 0.437. The van der Waals surface area contributed by atoms with Crippen LogP contribution >= 0.6 is 0 Å². The Labute approximate surface area is 107 Å². The molecular formula is C12H21NO5. The van der Waals surface area contributed by atoms with Crippen molar-refractivity contribution in [2.24, 2.45) is 17.6 Å². The van der Waals surface area contributed by atoms with Crippen LogP contribution in [0.25, 0.3) is 0 Å². The van der Waals surface area contributed by atoms with Gasteiger partial charge in [0.1, 0.15) is 6.61 Å². The summed E-state index contributed by atoms with van der Waals surface area (Å²) in [6, 6.07) is -0.377. The van der Waals surface area contributed by atoms with Gasteiger partial charge < -0.3 is 19.9 Å². The molecule has 0 aromatic carbocycles. The molecule has 0 aromatic heterocycles. The lowest BCUT2D eigenvalue weighted by atomic mass is 9.82. The first kappa shape index (κ1) is 14.9. The number of carbonyl (C=O) groups is 2. The smallest absolute Gasteiger partial charge is 0.304 e. The molecule has 6 nitrogen and oxygen atoms in total. The van der Waals surface area contributed by atoms with Crippen molar-refractivity contribution in [3.05, 3.63) is 0 Å². The number of esters is 2. The third-order valence-electron chi connectivity index (χ3n) is 3.38. The zero-order valence-corrected chi connectivity index (χ0v) is 11.2. The van der Waals surface area contributed by atoms with Gasteiger partial charge in [-0.1, -0.05) is 13.8 Å². The Bertz CT molecular complexity index is 318. The Balaban J connectivity index is 2.67. The molecule has 0 saturated carbocycles. The molecular weight excluding hydrogens is 238 g/mol. The van der Waals surface area contributed by atoms with E-state index in [-0.39, 0.29) is 36.6 Å². The first-order chi connectivity index (χ1) is 8.32. The van der Waals surface area contributed by atoms with Crippen LogP contribution in [0.4, 0.5) is 0 Å². The van der Waals surface area contributed by atoms with Crippen LogP contribution in [0.3, 0.4) is 0 Å². The van der Waals surface area contributed by atoms with Gasteiger partial charge in [0.2, 0.25) is 6.29 Å². The molecule has 1 heterocycles. The summed E-state index contributed by atoms with van der Waals surface area (Å²) >= 11 is 0. The molecule has 1 rings (SSSR count). The summed E-state index contributed by atoms with van der Waals surface area (Å²) in [5.41, 5.74) is 5.97. The molecule has 0 radical (unpaired) electrons. The summed E-state index contributed by atoms with van der Waals surface area (Å²) < 4.78 is 15.6. The molecule has 104 valence electrons. The number of rotatable bonds is 3. The van der Waals surface area contributed by atoms with Gasteiger partial charge in [0.25, 0.3) is 0 Å². The van der Waals surface area contributed by atoms with Gasteiger partial charge in [-0.2, -0.15) is 0 Å². The second-order valence-corrected chi connectivity index (χ2v) is 4.75. The second-order valence-electron chi connectivity index (χ2n) is 4.75. The quantitative estimate of drug-likeness (QED) is 0.740. The zero-order valence-electron chi connectivity index (χ0n) is 11.2. The average Bonchev–Trinajstić information content (AvgIpc) is 2.27. The van der Waals surface area contributed by atoms with Crippen molar-refractivity contribution in [3.8, 4) is 0 Å². The minimum atomic E-state index is -0.783. The van der Waals surface area contributed by atoms with Gasteiger partial charge in [0.05, 0.1) is 12.1 Å². The largest absolute Gasteiger partial charge is 0.463 e. The van der Waals surface area contributed by atoms with Gasteiger partial charge in [-0.3, -0.25) is 9.59 Å². The first-order valence-electron chi connectivity index (χ1n) is 6.04. The Hall–Kier alpha value is -1.14. The predicted molar refractivity (Wildman–Crippen MR) is 63.4 cm³/mol. The van der Waals surface area contributed by atoms with Crippen LogP contribution < -0.4 is 5.73 Å². The topological polar surface area (TPSA) is 87.9 Å². The monoisotopic (exact) mass is 259 g/mol. The number of nitrogens with two attached hydrogens (primary N) is 1. The summed E-state index contributed by atoms with van der Waals surface area (Å²) in [6.07, 6.45) is -1.10. The van der Waals surface area contributed by atoms with Crippen LogP contribution in [-0.2, 0) is 23.8 Å². The Kier molecular flexibility index (Phi) is 5.10. The van der Waals surface area contributed by atoms with Crippen LogP contribution in [0.2, 0.25) is 0 Å². The van der Waals surface area contributed by atoms with E-state index in [2.05, 4.69) is 0 Å². The summed E-state index contributed by atoms with van der Waals surface area (Å²) in [7, 11) is 0. The average molecular weight is 259 g/mol. The molecule has 0 aromatic rings. The lowest BCUT2D eigenvalue weighted by molar-refractivity contribution is -0.234. The zero-order chi connectivity index (χ0) is 13.9. The van der Waals surface area contributed by atoms with Crippen molar-refractivity contribution in [1.29, 1.82) is 0 Å². The van der Waals surface area contributed by atoms with E-state index in [0.29, 0.717) is 0 Å². The maximum atomic E-state index is 11.0.